The molecule has 18 heavy (non-hydrogen) atoms. The van der Waals surface area contributed by atoms with Gasteiger partial charge in [-0.1, -0.05) is 31.0 Å². The van der Waals surface area contributed by atoms with Crippen LogP contribution in [0.15, 0.2) is 42.6 Å². The van der Waals surface area contributed by atoms with Crippen LogP contribution >= 0.6 is 0 Å². The highest BCUT2D eigenvalue weighted by molar-refractivity contribution is 5.30. The summed E-state index contributed by atoms with van der Waals surface area (Å²) in [6, 6.07) is 12.3. The van der Waals surface area contributed by atoms with Gasteiger partial charge in [-0.2, -0.15) is 5.10 Å². The smallest absolute Gasteiger partial charge is 0.0796 e. The molecule has 1 aliphatic carbocycles. The molecule has 2 N–H and O–H groups in total. The van der Waals surface area contributed by atoms with Crippen molar-refractivity contribution in [2.45, 2.75) is 31.7 Å². The minimum Gasteiger partial charge on any atom is -0.323 e. The number of hydrogen-bond donors (Lipinski definition) is 1. The zero-order chi connectivity index (χ0) is 12.4. The molecular weight excluding hydrogens is 222 g/mol. The zero-order valence-corrected chi connectivity index (χ0v) is 10.5. The normalized spacial score (nSPS) is 16.7. The van der Waals surface area contributed by atoms with Gasteiger partial charge in [0.1, 0.15) is 0 Å². The number of para-hydroxylation sites is 1. The molecular formula is C15H19N3. The summed E-state index contributed by atoms with van der Waals surface area (Å²) in [6.45, 7) is 0. The van der Waals surface area contributed by atoms with E-state index in [2.05, 4.69) is 5.10 Å². The third-order valence-corrected chi connectivity index (χ3v) is 3.59. The molecule has 3 nitrogen and oxygen atoms in total. The average molecular weight is 241 g/mol. The van der Waals surface area contributed by atoms with Crippen LogP contribution in [0.3, 0.4) is 0 Å². The Morgan fingerprint density at radius 2 is 2.00 bits per heavy atom. The molecule has 0 amide bonds. The van der Waals surface area contributed by atoms with Crippen LogP contribution in [0, 0.1) is 5.92 Å². The Morgan fingerprint density at radius 3 is 2.72 bits per heavy atom. The number of rotatable bonds is 5. The van der Waals surface area contributed by atoms with Crippen LogP contribution in [0.5, 0.6) is 0 Å². The van der Waals surface area contributed by atoms with Crippen LogP contribution < -0.4 is 5.73 Å². The van der Waals surface area contributed by atoms with E-state index in [1.807, 2.05) is 47.3 Å². The van der Waals surface area contributed by atoms with Gasteiger partial charge < -0.3 is 5.73 Å². The molecule has 1 saturated carbocycles. The third kappa shape index (κ3) is 2.62. The van der Waals surface area contributed by atoms with Crippen LogP contribution in [-0.2, 0) is 0 Å². The van der Waals surface area contributed by atoms with Crippen LogP contribution in [0.2, 0.25) is 0 Å². The molecule has 0 radical (unpaired) electrons. The summed E-state index contributed by atoms with van der Waals surface area (Å²) < 4.78 is 1.90. The van der Waals surface area contributed by atoms with Crippen molar-refractivity contribution in [3.63, 3.8) is 0 Å². The summed E-state index contributed by atoms with van der Waals surface area (Å²) in [4.78, 5) is 0. The van der Waals surface area contributed by atoms with Crippen LogP contribution in [0.25, 0.3) is 5.69 Å². The minimum atomic E-state index is 0.0792. The average Bonchev–Trinajstić information content (AvgIpc) is 3.11. The van der Waals surface area contributed by atoms with Gasteiger partial charge in [0.25, 0.3) is 0 Å². The Labute approximate surface area is 108 Å². The second kappa shape index (κ2) is 4.94. The van der Waals surface area contributed by atoms with Crippen molar-refractivity contribution in [3.05, 3.63) is 48.3 Å². The second-order valence-corrected chi connectivity index (χ2v) is 5.15. The first-order chi connectivity index (χ1) is 8.83. The minimum absolute atomic E-state index is 0.0792. The van der Waals surface area contributed by atoms with Crippen LogP contribution in [-0.4, -0.2) is 9.78 Å². The molecule has 0 bridgehead atoms. The highest BCUT2D eigenvalue weighted by atomic mass is 15.3. The van der Waals surface area contributed by atoms with Gasteiger partial charge in [0.15, 0.2) is 0 Å². The molecule has 0 spiro atoms. The number of nitrogens with zero attached hydrogens (tertiary/aromatic N) is 2. The first-order valence-electron chi connectivity index (χ1n) is 6.69. The van der Waals surface area contributed by atoms with Crippen molar-refractivity contribution in [3.8, 4) is 5.69 Å². The second-order valence-electron chi connectivity index (χ2n) is 5.15. The lowest BCUT2D eigenvalue weighted by atomic mass is 10.1. The Kier molecular flexibility index (Phi) is 3.15. The van der Waals surface area contributed by atoms with Crippen molar-refractivity contribution in [2.75, 3.05) is 0 Å². The van der Waals surface area contributed by atoms with Crippen molar-refractivity contribution < 1.29 is 0 Å². The molecule has 94 valence electrons. The fourth-order valence-corrected chi connectivity index (χ4v) is 2.23. The third-order valence-electron chi connectivity index (χ3n) is 3.59. The molecule has 0 saturated heterocycles. The molecule has 1 aromatic carbocycles. The van der Waals surface area contributed by atoms with Gasteiger partial charge in [-0.3, -0.25) is 0 Å². The van der Waals surface area contributed by atoms with Crippen LogP contribution in [0.4, 0.5) is 0 Å². The van der Waals surface area contributed by atoms with Crippen molar-refractivity contribution in [1.29, 1.82) is 0 Å². The van der Waals surface area contributed by atoms with Crippen molar-refractivity contribution in [1.82, 2.24) is 9.78 Å². The molecule has 2 aromatic rings. The lowest BCUT2D eigenvalue weighted by Crippen LogP contribution is -2.11. The summed E-state index contributed by atoms with van der Waals surface area (Å²) >= 11 is 0. The first-order valence-corrected chi connectivity index (χ1v) is 6.69. The van der Waals surface area contributed by atoms with E-state index < -0.39 is 0 Å². The molecule has 1 heterocycles. The summed E-state index contributed by atoms with van der Waals surface area (Å²) in [5.41, 5.74) is 8.27. The number of benzene rings is 1. The van der Waals surface area contributed by atoms with Gasteiger partial charge in [-0.25, -0.2) is 4.68 Å². The molecule has 1 unspecified atom stereocenters. The molecule has 0 aliphatic heterocycles. The lowest BCUT2D eigenvalue weighted by Gasteiger charge is -2.07. The van der Waals surface area contributed by atoms with Gasteiger partial charge in [0.2, 0.25) is 0 Å². The standard InChI is InChI=1S/C15H19N3/c16-14(9-8-12-6-7-12)15-10-11-18(17-15)13-4-2-1-3-5-13/h1-5,10-12,14H,6-9,16H2. The largest absolute Gasteiger partial charge is 0.323 e. The van der Waals surface area contributed by atoms with E-state index in [1.165, 1.54) is 19.3 Å². The van der Waals surface area contributed by atoms with Gasteiger partial charge >= 0.3 is 0 Å². The van der Waals surface area contributed by atoms with E-state index in [0.717, 1.165) is 23.7 Å². The Bertz CT molecular complexity index is 499. The zero-order valence-electron chi connectivity index (χ0n) is 10.5. The predicted molar refractivity (Wildman–Crippen MR) is 72.5 cm³/mol. The molecule has 1 aliphatic rings. The maximum absolute atomic E-state index is 6.19. The summed E-state index contributed by atoms with van der Waals surface area (Å²) in [7, 11) is 0. The van der Waals surface area contributed by atoms with Gasteiger partial charge in [-0.15, -0.1) is 0 Å². The van der Waals surface area contributed by atoms with Gasteiger partial charge in [-0.05, 0) is 37.0 Å². The van der Waals surface area contributed by atoms with E-state index in [4.69, 9.17) is 5.73 Å². The Hall–Kier alpha value is -1.61. The maximum atomic E-state index is 6.19. The molecule has 1 fully saturated rings. The number of nitrogens with two attached hydrogens (primary N) is 1. The highest BCUT2D eigenvalue weighted by Gasteiger charge is 2.22. The summed E-state index contributed by atoms with van der Waals surface area (Å²) in [6.07, 6.45) is 7.08. The molecule has 1 aromatic heterocycles. The predicted octanol–water partition coefficient (Wildman–Crippen LogP) is 3.06. The monoisotopic (exact) mass is 241 g/mol. The maximum Gasteiger partial charge on any atom is 0.0796 e. The SMILES string of the molecule is NC(CCC1CC1)c1ccn(-c2ccccc2)n1. The lowest BCUT2D eigenvalue weighted by molar-refractivity contribution is 0.560. The molecule has 1 atom stereocenters. The van der Waals surface area contributed by atoms with E-state index >= 15 is 0 Å². The number of aromatic nitrogens is 2. The fourth-order valence-electron chi connectivity index (χ4n) is 2.23. The number of hydrogen-bond acceptors (Lipinski definition) is 2. The van der Waals surface area contributed by atoms with Crippen molar-refractivity contribution >= 4 is 0 Å². The summed E-state index contributed by atoms with van der Waals surface area (Å²) in [5.74, 6) is 0.937. The van der Waals surface area contributed by atoms with E-state index in [0.29, 0.717) is 0 Å². The molecule has 3 rings (SSSR count). The fraction of sp³-hybridized carbons (Fsp3) is 0.400. The topological polar surface area (TPSA) is 43.8 Å². The highest BCUT2D eigenvalue weighted by Crippen LogP contribution is 2.35. The Morgan fingerprint density at radius 1 is 1.22 bits per heavy atom. The quantitative estimate of drug-likeness (QED) is 0.874. The van der Waals surface area contributed by atoms with E-state index in [9.17, 15) is 0 Å². The summed E-state index contributed by atoms with van der Waals surface area (Å²) in [5, 5.41) is 4.57. The van der Waals surface area contributed by atoms with Gasteiger partial charge in [0.05, 0.1) is 11.4 Å². The van der Waals surface area contributed by atoms with E-state index in [1.54, 1.807) is 0 Å². The van der Waals surface area contributed by atoms with Crippen LogP contribution in [0.1, 0.15) is 37.4 Å². The first kappa shape index (κ1) is 11.5. The van der Waals surface area contributed by atoms with Crippen molar-refractivity contribution in [2.24, 2.45) is 11.7 Å². The van der Waals surface area contributed by atoms with Gasteiger partial charge in [0, 0.05) is 12.2 Å². The molecule has 3 heteroatoms. The Balaban J connectivity index is 1.68. The van der Waals surface area contributed by atoms with E-state index in [-0.39, 0.29) is 6.04 Å².